The lowest BCUT2D eigenvalue weighted by Gasteiger charge is -2.38. The number of benzene rings is 1. The molecule has 0 bridgehead atoms. The minimum Gasteiger partial charge on any atom is -0.376 e. The SMILES string of the molecule is CC1(C)CCc2[nH]nc3cccc(c23)C(=O)N1CO. The fourth-order valence-electron chi connectivity index (χ4n) is 2.73. The summed E-state index contributed by atoms with van der Waals surface area (Å²) in [7, 11) is 0. The molecule has 1 aromatic carbocycles. The molecule has 3 rings (SSSR count). The monoisotopic (exact) mass is 259 g/mol. The molecule has 0 aliphatic carbocycles. The lowest BCUT2D eigenvalue weighted by Crippen LogP contribution is -2.49. The third-order valence-corrected chi connectivity index (χ3v) is 3.99. The number of aromatic nitrogens is 2. The first-order chi connectivity index (χ1) is 9.04. The number of nitrogens with one attached hydrogen (secondary N) is 1. The number of amides is 1. The summed E-state index contributed by atoms with van der Waals surface area (Å²) in [4.78, 5) is 14.2. The second-order valence-electron chi connectivity index (χ2n) is 5.59. The van der Waals surface area contributed by atoms with Crippen LogP contribution in [0.25, 0.3) is 10.9 Å². The lowest BCUT2D eigenvalue weighted by atomic mass is 9.90. The van der Waals surface area contributed by atoms with Crippen molar-refractivity contribution in [2.45, 2.75) is 32.2 Å². The molecule has 0 saturated heterocycles. The molecular formula is C14H17N3O2. The Kier molecular flexibility index (Phi) is 2.60. The number of aryl methyl sites for hydroxylation is 1. The number of hydrogen-bond donors (Lipinski definition) is 2. The first kappa shape index (κ1) is 12.2. The Morgan fingerprint density at radius 3 is 3.00 bits per heavy atom. The van der Waals surface area contributed by atoms with Gasteiger partial charge in [0, 0.05) is 16.6 Å². The molecule has 2 heterocycles. The third-order valence-electron chi connectivity index (χ3n) is 3.99. The summed E-state index contributed by atoms with van der Waals surface area (Å²) >= 11 is 0. The average Bonchev–Trinajstić information content (AvgIpc) is 2.79. The summed E-state index contributed by atoms with van der Waals surface area (Å²) in [6.45, 7) is 3.68. The third kappa shape index (κ3) is 1.73. The van der Waals surface area contributed by atoms with Crippen molar-refractivity contribution in [3.8, 4) is 0 Å². The fourth-order valence-corrected chi connectivity index (χ4v) is 2.73. The number of aromatic amines is 1. The first-order valence-corrected chi connectivity index (χ1v) is 6.43. The smallest absolute Gasteiger partial charge is 0.256 e. The fraction of sp³-hybridized carbons (Fsp3) is 0.429. The predicted octanol–water partition coefficient (Wildman–Crippen LogP) is 1.68. The van der Waals surface area contributed by atoms with Crippen molar-refractivity contribution in [2.75, 3.05) is 6.73 Å². The van der Waals surface area contributed by atoms with E-state index in [1.54, 1.807) is 6.07 Å². The van der Waals surface area contributed by atoms with Gasteiger partial charge in [-0.3, -0.25) is 9.89 Å². The maximum atomic E-state index is 12.6. The van der Waals surface area contributed by atoms with E-state index in [4.69, 9.17) is 0 Å². The number of carbonyl (C=O) groups excluding carboxylic acids is 1. The van der Waals surface area contributed by atoms with Gasteiger partial charge in [-0.2, -0.15) is 5.10 Å². The van der Waals surface area contributed by atoms with E-state index in [1.807, 2.05) is 26.0 Å². The second kappa shape index (κ2) is 4.06. The van der Waals surface area contributed by atoms with E-state index in [2.05, 4.69) is 10.2 Å². The predicted molar refractivity (Wildman–Crippen MR) is 71.7 cm³/mol. The highest BCUT2D eigenvalue weighted by atomic mass is 16.3. The molecule has 0 unspecified atom stereocenters. The van der Waals surface area contributed by atoms with Gasteiger partial charge in [0.1, 0.15) is 6.73 Å². The number of hydrogen-bond acceptors (Lipinski definition) is 3. The Hall–Kier alpha value is -1.88. The topological polar surface area (TPSA) is 69.2 Å². The number of aliphatic hydroxyl groups is 1. The number of rotatable bonds is 1. The van der Waals surface area contributed by atoms with Crippen molar-refractivity contribution in [1.29, 1.82) is 0 Å². The summed E-state index contributed by atoms with van der Waals surface area (Å²) < 4.78 is 0. The standard InChI is InChI=1S/C14H17N3O2/c1-14(2)7-6-11-12-9(13(19)17(14)8-18)4-3-5-10(12)15-16-11/h3-5,18H,6-8H2,1-2H3,(H,15,16). The molecule has 2 aromatic rings. The van der Waals surface area contributed by atoms with Crippen LogP contribution in [0, 0.1) is 0 Å². The van der Waals surface area contributed by atoms with Gasteiger partial charge in [-0.1, -0.05) is 6.07 Å². The van der Waals surface area contributed by atoms with E-state index in [1.165, 1.54) is 4.90 Å². The summed E-state index contributed by atoms with van der Waals surface area (Å²) in [5.74, 6) is -0.138. The van der Waals surface area contributed by atoms with Gasteiger partial charge in [-0.05, 0) is 38.8 Å². The summed E-state index contributed by atoms with van der Waals surface area (Å²) in [6, 6.07) is 5.51. The summed E-state index contributed by atoms with van der Waals surface area (Å²) in [6.07, 6.45) is 1.59. The van der Waals surface area contributed by atoms with Gasteiger partial charge in [0.25, 0.3) is 5.91 Å². The molecular weight excluding hydrogens is 242 g/mol. The normalized spacial score (nSPS) is 18.5. The van der Waals surface area contributed by atoms with Gasteiger partial charge in [0.15, 0.2) is 0 Å². The lowest BCUT2D eigenvalue weighted by molar-refractivity contribution is 0.0174. The molecule has 0 atom stereocenters. The number of H-pyrrole nitrogens is 1. The van der Waals surface area contributed by atoms with Crippen molar-refractivity contribution in [1.82, 2.24) is 15.1 Å². The van der Waals surface area contributed by atoms with Gasteiger partial charge in [0.2, 0.25) is 0 Å². The van der Waals surface area contributed by atoms with E-state index in [0.717, 1.165) is 29.4 Å². The van der Waals surface area contributed by atoms with Gasteiger partial charge in [-0.25, -0.2) is 0 Å². The van der Waals surface area contributed by atoms with Gasteiger partial charge >= 0.3 is 0 Å². The van der Waals surface area contributed by atoms with Crippen LogP contribution in [-0.4, -0.2) is 38.4 Å². The highest BCUT2D eigenvalue weighted by Gasteiger charge is 2.34. The summed E-state index contributed by atoms with van der Waals surface area (Å²) in [5.41, 5.74) is 2.04. The van der Waals surface area contributed by atoms with Crippen molar-refractivity contribution in [3.05, 3.63) is 29.5 Å². The molecule has 5 heteroatoms. The Bertz CT molecular complexity index is 645. The van der Waals surface area contributed by atoms with Crippen LogP contribution in [-0.2, 0) is 6.42 Å². The Morgan fingerprint density at radius 2 is 2.26 bits per heavy atom. The van der Waals surface area contributed by atoms with Crippen molar-refractivity contribution in [3.63, 3.8) is 0 Å². The zero-order valence-electron chi connectivity index (χ0n) is 11.1. The van der Waals surface area contributed by atoms with E-state index in [0.29, 0.717) is 5.56 Å². The highest BCUT2D eigenvalue weighted by molar-refractivity contribution is 6.07. The molecule has 19 heavy (non-hydrogen) atoms. The zero-order valence-corrected chi connectivity index (χ0v) is 11.1. The van der Waals surface area contributed by atoms with Crippen molar-refractivity contribution < 1.29 is 9.90 Å². The molecule has 0 spiro atoms. The van der Waals surface area contributed by atoms with Crippen LogP contribution in [0.2, 0.25) is 0 Å². The minimum absolute atomic E-state index is 0.138. The number of nitrogens with zero attached hydrogens (tertiary/aromatic N) is 2. The highest BCUT2D eigenvalue weighted by Crippen LogP contribution is 2.31. The largest absolute Gasteiger partial charge is 0.376 e. The Labute approximate surface area is 111 Å². The number of aliphatic hydroxyl groups excluding tert-OH is 1. The van der Waals surface area contributed by atoms with E-state index in [9.17, 15) is 9.90 Å². The quantitative estimate of drug-likeness (QED) is 0.818. The molecule has 100 valence electrons. The molecule has 5 nitrogen and oxygen atoms in total. The van der Waals surface area contributed by atoms with E-state index >= 15 is 0 Å². The molecule has 0 saturated carbocycles. The van der Waals surface area contributed by atoms with Crippen LogP contribution in [0.5, 0.6) is 0 Å². The van der Waals surface area contributed by atoms with Crippen LogP contribution in [0.15, 0.2) is 18.2 Å². The molecule has 1 amide bonds. The van der Waals surface area contributed by atoms with Crippen molar-refractivity contribution in [2.24, 2.45) is 0 Å². The zero-order chi connectivity index (χ0) is 13.6. The maximum absolute atomic E-state index is 12.6. The first-order valence-electron chi connectivity index (χ1n) is 6.43. The van der Waals surface area contributed by atoms with E-state index < -0.39 is 0 Å². The van der Waals surface area contributed by atoms with Gasteiger partial charge < -0.3 is 10.0 Å². The van der Waals surface area contributed by atoms with Gasteiger partial charge in [-0.15, -0.1) is 0 Å². The maximum Gasteiger partial charge on any atom is 0.256 e. The average molecular weight is 259 g/mol. The molecule has 0 radical (unpaired) electrons. The second-order valence-corrected chi connectivity index (χ2v) is 5.59. The number of carbonyl (C=O) groups is 1. The van der Waals surface area contributed by atoms with Crippen molar-refractivity contribution >= 4 is 16.8 Å². The Balaban J connectivity index is 2.25. The van der Waals surface area contributed by atoms with Crippen LogP contribution < -0.4 is 0 Å². The van der Waals surface area contributed by atoms with E-state index in [-0.39, 0.29) is 18.2 Å². The molecule has 1 aliphatic rings. The van der Waals surface area contributed by atoms with Crippen LogP contribution in [0.3, 0.4) is 0 Å². The molecule has 0 fully saturated rings. The van der Waals surface area contributed by atoms with Crippen LogP contribution >= 0.6 is 0 Å². The summed E-state index contributed by atoms with van der Waals surface area (Å²) in [5, 5.41) is 17.7. The minimum atomic E-state index is -0.378. The van der Waals surface area contributed by atoms with Crippen LogP contribution in [0.4, 0.5) is 0 Å². The van der Waals surface area contributed by atoms with Gasteiger partial charge in [0.05, 0.1) is 11.1 Å². The molecule has 1 aliphatic heterocycles. The molecule has 1 aromatic heterocycles. The van der Waals surface area contributed by atoms with Crippen LogP contribution in [0.1, 0.15) is 36.3 Å². The Morgan fingerprint density at radius 1 is 1.47 bits per heavy atom. The molecule has 2 N–H and O–H groups in total.